The molecule has 154 valence electrons. The predicted molar refractivity (Wildman–Crippen MR) is 104 cm³/mol. The zero-order valence-corrected chi connectivity index (χ0v) is 17.0. The van der Waals surface area contributed by atoms with Gasteiger partial charge in [0.15, 0.2) is 0 Å². The van der Waals surface area contributed by atoms with Gasteiger partial charge in [-0.05, 0) is 19.8 Å². The Balaban J connectivity index is 0.00000261. The lowest BCUT2D eigenvalue weighted by Gasteiger charge is -2.46. The number of aliphatic carboxylic acids is 1. The van der Waals surface area contributed by atoms with Crippen molar-refractivity contribution >= 4 is 36.0 Å². The van der Waals surface area contributed by atoms with Crippen LogP contribution in [0.1, 0.15) is 26.7 Å². The van der Waals surface area contributed by atoms with Crippen LogP contribution in [0.4, 0.5) is 0 Å². The average molecular weight is 422 g/mol. The molecule has 0 aromatic heterocycles. The zero-order chi connectivity index (χ0) is 19.2. The topological polar surface area (TPSA) is 136 Å². The molecule has 0 aliphatic carbocycles. The number of carbonyl (C=O) groups excluding carboxylic acids is 1. The number of hydrogen-bond donors (Lipinski definition) is 5. The highest BCUT2D eigenvalue weighted by molar-refractivity contribution is 8.03. The molecular formula is C17H28ClN3O5S. The van der Waals surface area contributed by atoms with E-state index in [-0.39, 0.29) is 53.8 Å². The Kier molecular flexibility index (Phi) is 7.21. The van der Waals surface area contributed by atoms with Gasteiger partial charge in [-0.3, -0.25) is 4.79 Å². The summed E-state index contributed by atoms with van der Waals surface area (Å²) >= 11 is 1.51. The van der Waals surface area contributed by atoms with E-state index >= 15 is 0 Å². The largest absolute Gasteiger partial charge is 0.477 e. The molecule has 0 aromatic carbocycles. The molecule has 1 unspecified atom stereocenters. The van der Waals surface area contributed by atoms with Crippen LogP contribution in [0.3, 0.4) is 0 Å². The van der Waals surface area contributed by atoms with Crippen molar-refractivity contribution in [2.24, 2.45) is 17.6 Å². The van der Waals surface area contributed by atoms with Gasteiger partial charge < -0.3 is 31.3 Å². The molecule has 0 radical (unpaired) electrons. The number of β-lactam (4-membered cyclic amide) rings is 1. The molecule has 3 aliphatic rings. The number of nitrogens with one attached hydrogen (secondary N) is 1. The summed E-state index contributed by atoms with van der Waals surface area (Å²) in [5.74, 6) is -2.05. The van der Waals surface area contributed by atoms with E-state index in [1.807, 2.05) is 6.92 Å². The average Bonchev–Trinajstić information content (AvgIpc) is 3.09. The first-order chi connectivity index (χ1) is 12.3. The lowest BCUT2D eigenvalue weighted by Crippen LogP contribution is -2.63. The van der Waals surface area contributed by atoms with Gasteiger partial charge in [0.05, 0.1) is 24.2 Å². The normalized spacial score (nSPS) is 34.8. The van der Waals surface area contributed by atoms with Crippen LogP contribution in [0.5, 0.6) is 0 Å². The lowest BCUT2D eigenvalue weighted by atomic mass is 9.79. The Hall–Kier alpha value is -0.840. The summed E-state index contributed by atoms with van der Waals surface area (Å²) in [6.45, 7) is 4.44. The molecule has 1 amide bonds. The number of carboxylic acid groups (broad SMARTS) is 1. The standard InChI is InChI=1S/C17H27N3O5S.ClH/c1-7-13-12(8(2)21)16(23)20(13)14(17(24)25)15(7)26-11-4-9(19-6-11)3-10(22)5-18;/h7-13,19,21-22H,3-6,18H2,1-2H3,(H,24,25);1H/t7-,8-,9-,10?,11+,12-,13-;/m1./s1. The van der Waals surface area contributed by atoms with Crippen molar-refractivity contribution in [2.75, 3.05) is 13.1 Å². The van der Waals surface area contributed by atoms with E-state index in [0.717, 1.165) is 6.42 Å². The molecule has 0 saturated carbocycles. The fraction of sp³-hybridized carbons (Fsp3) is 0.765. The minimum Gasteiger partial charge on any atom is -0.477 e. The second kappa shape index (κ2) is 8.67. The van der Waals surface area contributed by atoms with Gasteiger partial charge in [-0.2, -0.15) is 0 Å². The first-order valence-corrected chi connectivity index (χ1v) is 9.91. The van der Waals surface area contributed by atoms with Gasteiger partial charge in [0, 0.05) is 35.2 Å². The van der Waals surface area contributed by atoms with Crippen molar-refractivity contribution in [3.8, 4) is 0 Å². The van der Waals surface area contributed by atoms with Gasteiger partial charge in [0.1, 0.15) is 5.70 Å². The number of rotatable bonds is 7. The van der Waals surface area contributed by atoms with Gasteiger partial charge in [0.25, 0.3) is 0 Å². The predicted octanol–water partition coefficient (Wildman–Crippen LogP) is -0.265. The molecule has 0 aromatic rings. The Bertz CT molecular complexity index is 632. The van der Waals surface area contributed by atoms with E-state index in [0.29, 0.717) is 17.9 Å². The van der Waals surface area contributed by atoms with Crippen LogP contribution in [0, 0.1) is 11.8 Å². The monoisotopic (exact) mass is 421 g/mol. The summed E-state index contributed by atoms with van der Waals surface area (Å²) in [4.78, 5) is 26.2. The van der Waals surface area contributed by atoms with E-state index in [2.05, 4.69) is 5.32 Å². The number of carboxylic acids is 1. The maximum Gasteiger partial charge on any atom is 0.353 e. The number of nitrogens with zero attached hydrogens (tertiary/aromatic N) is 1. The quantitative estimate of drug-likeness (QED) is 0.354. The lowest BCUT2D eigenvalue weighted by molar-refractivity contribution is -0.163. The first-order valence-electron chi connectivity index (χ1n) is 9.03. The van der Waals surface area contributed by atoms with Crippen molar-refractivity contribution in [3.05, 3.63) is 10.6 Å². The fourth-order valence-corrected chi connectivity index (χ4v) is 5.85. The third kappa shape index (κ3) is 3.99. The van der Waals surface area contributed by atoms with Gasteiger partial charge >= 0.3 is 5.97 Å². The maximum atomic E-state index is 12.3. The number of aliphatic hydroxyl groups is 2. The minimum atomic E-state index is -1.10. The van der Waals surface area contributed by atoms with E-state index in [1.54, 1.807) is 6.92 Å². The zero-order valence-electron chi connectivity index (χ0n) is 15.4. The number of aliphatic hydroxyl groups excluding tert-OH is 2. The molecule has 7 atom stereocenters. The third-order valence-corrected chi connectivity index (χ3v) is 7.13. The van der Waals surface area contributed by atoms with E-state index in [4.69, 9.17) is 5.73 Å². The highest BCUT2D eigenvalue weighted by atomic mass is 35.5. The molecular weight excluding hydrogens is 394 g/mol. The molecule has 0 spiro atoms. The SMILES string of the molecule is C[C@@H](O)[C@H]1C(=O)N2C(C(=O)O)=C(S[C@@H]3CN[C@H](CC(O)CN)C3)[C@H](C)[C@H]12.Cl. The van der Waals surface area contributed by atoms with Crippen LogP contribution in [-0.2, 0) is 9.59 Å². The second-order valence-corrected chi connectivity index (χ2v) is 8.82. The summed E-state index contributed by atoms with van der Waals surface area (Å²) < 4.78 is 0. The van der Waals surface area contributed by atoms with Crippen molar-refractivity contribution in [2.45, 2.75) is 56.2 Å². The van der Waals surface area contributed by atoms with Crippen molar-refractivity contribution in [1.82, 2.24) is 10.2 Å². The van der Waals surface area contributed by atoms with Crippen LogP contribution in [0.15, 0.2) is 10.6 Å². The number of thioether (sulfide) groups is 1. The molecule has 8 nitrogen and oxygen atoms in total. The van der Waals surface area contributed by atoms with Crippen LogP contribution >= 0.6 is 24.2 Å². The smallest absolute Gasteiger partial charge is 0.353 e. The number of halogens is 1. The molecule has 27 heavy (non-hydrogen) atoms. The van der Waals surface area contributed by atoms with E-state index < -0.39 is 24.1 Å². The number of amides is 1. The number of fused-ring (bicyclic) bond motifs is 1. The van der Waals surface area contributed by atoms with Gasteiger partial charge in [-0.15, -0.1) is 24.2 Å². The van der Waals surface area contributed by atoms with Gasteiger partial charge in [-0.1, -0.05) is 6.92 Å². The summed E-state index contributed by atoms with van der Waals surface area (Å²) in [5.41, 5.74) is 5.53. The molecule has 2 saturated heterocycles. The summed E-state index contributed by atoms with van der Waals surface area (Å²) in [6.07, 6.45) is 0.0527. The van der Waals surface area contributed by atoms with Crippen LogP contribution in [0.25, 0.3) is 0 Å². The van der Waals surface area contributed by atoms with Crippen LogP contribution < -0.4 is 11.1 Å². The number of hydrogen-bond acceptors (Lipinski definition) is 7. The van der Waals surface area contributed by atoms with Crippen molar-refractivity contribution < 1.29 is 24.9 Å². The maximum absolute atomic E-state index is 12.3. The third-order valence-electron chi connectivity index (χ3n) is 5.62. The second-order valence-electron chi connectivity index (χ2n) is 7.48. The molecule has 3 rings (SSSR count). The molecule has 2 fully saturated rings. The molecule has 6 N–H and O–H groups in total. The van der Waals surface area contributed by atoms with Crippen molar-refractivity contribution in [3.63, 3.8) is 0 Å². The molecule has 3 aliphatic heterocycles. The van der Waals surface area contributed by atoms with Gasteiger partial charge in [-0.25, -0.2) is 4.79 Å². The minimum absolute atomic E-state index is 0. The Morgan fingerprint density at radius 1 is 1.44 bits per heavy atom. The van der Waals surface area contributed by atoms with Crippen LogP contribution in [0.2, 0.25) is 0 Å². The first kappa shape index (κ1) is 22.4. The van der Waals surface area contributed by atoms with Crippen molar-refractivity contribution in [1.29, 1.82) is 0 Å². The summed E-state index contributed by atoms with van der Waals surface area (Å²) in [5, 5.41) is 32.8. The van der Waals surface area contributed by atoms with Gasteiger partial charge in [0.2, 0.25) is 5.91 Å². The molecule has 0 bridgehead atoms. The van der Waals surface area contributed by atoms with E-state index in [9.17, 15) is 24.9 Å². The number of nitrogens with two attached hydrogens (primary N) is 1. The Morgan fingerprint density at radius 3 is 2.67 bits per heavy atom. The molecule has 3 heterocycles. The van der Waals surface area contributed by atoms with E-state index in [1.165, 1.54) is 16.7 Å². The van der Waals surface area contributed by atoms with Crippen LogP contribution in [-0.4, -0.2) is 74.7 Å². The summed E-state index contributed by atoms with van der Waals surface area (Å²) in [7, 11) is 0. The highest BCUT2D eigenvalue weighted by Gasteiger charge is 2.60. The number of carbonyl (C=O) groups is 2. The Labute approximate surface area is 169 Å². The highest BCUT2D eigenvalue weighted by Crippen LogP contribution is 2.51. The summed E-state index contributed by atoms with van der Waals surface area (Å²) in [6, 6.07) is -0.124. The Morgan fingerprint density at radius 2 is 2.11 bits per heavy atom. The fourth-order valence-electron chi connectivity index (χ4n) is 4.33. The molecule has 10 heteroatoms.